The number of halogens is 1. The molecule has 0 saturated heterocycles. The number of fused-ring (bicyclic) bond motifs is 3. The highest BCUT2D eigenvalue weighted by atomic mass is 35.5. The number of carbonyl (C=O) groups excluding carboxylic acids is 1. The molecule has 0 unspecified atom stereocenters. The normalized spacial score (nSPS) is 13.6. The SMILES string of the molecule is Cc1ccc(-n2c(SCC(=O)c3ccc(Cl)cc3)nc3sc4c(c3c2=O)CCCCC4)cc1. The van der Waals surface area contributed by atoms with Crippen LogP contribution in [0.1, 0.15) is 45.6 Å². The number of Topliss-reactive ketones (excluding diaryl/α,β-unsaturated/α-hetero) is 1. The summed E-state index contributed by atoms with van der Waals surface area (Å²) in [5.41, 5.74) is 3.64. The molecule has 1 aliphatic rings. The Bertz CT molecular complexity index is 1390. The van der Waals surface area contributed by atoms with Crippen LogP contribution in [0.15, 0.2) is 58.5 Å². The lowest BCUT2D eigenvalue weighted by molar-refractivity contribution is 0.102. The van der Waals surface area contributed by atoms with Gasteiger partial charge in [0.25, 0.3) is 5.56 Å². The molecule has 0 N–H and O–H groups in total. The first-order valence-corrected chi connectivity index (χ1v) is 13.2. The second kappa shape index (κ2) is 9.45. The van der Waals surface area contributed by atoms with Gasteiger partial charge in [-0.3, -0.25) is 14.2 Å². The Labute approximate surface area is 205 Å². The molecule has 2 aromatic heterocycles. The molecule has 4 aromatic rings. The molecule has 0 amide bonds. The molecule has 168 valence electrons. The fourth-order valence-corrected chi connectivity index (χ4v) is 6.57. The van der Waals surface area contributed by atoms with E-state index in [1.165, 1.54) is 28.6 Å². The number of thiophene rings is 1. The number of aromatic nitrogens is 2. The van der Waals surface area contributed by atoms with E-state index >= 15 is 0 Å². The molecule has 1 aliphatic carbocycles. The Morgan fingerprint density at radius 2 is 1.79 bits per heavy atom. The first-order chi connectivity index (χ1) is 16.0. The summed E-state index contributed by atoms with van der Waals surface area (Å²) < 4.78 is 1.68. The van der Waals surface area contributed by atoms with Crippen molar-refractivity contribution >= 4 is 50.7 Å². The third-order valence-electron chi connectivity index (χ3n) is 6.00. The highest BCUT2D eigenvalue weighted by Gasteiger charge is 2.22. The molecule has 7 heteroatoms. The largest absolute Gasteiger partial charge is 0.293 e. The lowest BCUT2D eigenvalue weighted by Crippen LogP contribution is -2.22. The summed E-state index contributed by atoms with van der Waals surface area (Å²) in [4.78, 5) is 33.6. The number of aryl methyl sites for hydroxylation is 3. The molecule has 0 aliphatic heterocycles. The molecule has 4 nitrogen and oxygen atoms in total. The Morgan fingerprint density at radius 1 is 1.06 bits per heavy atom. The zero-order valence-electron chi connectivity index (χ0n) is 18.3. The Morgan fingerprint density at radius 3 is 2.55 bits per heavy atom. The molecule has 0 spiro atoms. The third kappa shape index (κ3) is 4.52. The number of nitrogens with zero attached hydrogens (tertiary/aromatic N) is 2. The summed E-state index contributed by atoms with van der Waals surface area (Å²) in [6.45, 7) is 2.02. The van der Waals surface area contributed by atoms with Crippen LogP contribution < -0.4 is 5.56 Å². The predicted octanol–water partition coefficient (Wildman–Crippen LogP) is 6.65. The zero-order chi connectivity index (χ0) is 22.9. The summed E-state index contributed by atoms with van der Waals surface area (Å²) in [5.74, 6) is 0.166. The van der Waals surface area contributed by atoms with Gasteiger partial charge in [0.05, 0.1) is 16.8 Å². The number of hydrogen-bond donors (Lipinski definition) is 0. The van der Waals surface area contributed by atoms with Gasteiger partial charge in [-0.05, 0) is 74.6 Å². The fourth-order valence-electron chi connectivity index (χ4n) is 4.23. The zero-order valence-corrected chi connectivity index (χ0v) is 20.7. The van der Waals surface area contributed by atoms with Gasteiger partial charge in [-0.1, -0.05) is 47.5 Å². The molecule has 0 bridgehead atoms. The van der Waals surface area contributed by atoms with Crippen molar-refractivity contribution < 1.29 is 4.79 Å². The Balaban J connectivity index is 1.59. The second-order valence-electron chi connectivity index (χ2n) is 8.33. The third-order valence-corrected chi connectivity index (χ3v) is 8.38. The van der Waals surface area contributed by atoms with E-state index in [0.29, 0.717) is 15.7 Å². The maximum Gasteiger partial charge on any atom is 0.267 e. The van der Waals surface area contributed by atoms with Crippen LogP contribution in [0, 0.1) is 6.92 Å². The van der Waals surface area contributed by atoms with E-state index in [1.807, 2.05) is 31.2 Å². The van der Waals surface area contributed by atoms with Crippen LogP contribution in [0.2, 0.25) is 5.02 Å². The molecular weight excluding hydrogens is 472 g/mol. The average molecular weight is 495 g/mol. The van der Waals surface area contributed by atoms with Crippen molar-refractivity contribution in [3.05, 3.63) is 85.5 Å². The van der Waals surface area contributed by atoms with Crippen molar-refractivity contribution in [3.8, 4) is 5.69 Å². The first kappa shape index (κ1) is 22.4. The van der Waals surface area contributed by atoms with Crippen LogP contribution in [-0.2, 0) is 12.8 Å². The molecule has 0 radical (unpaired) electrons. The number of ketones is 1. The summed E-state index contributed by atoms with van der Waals surface area (Å²) in [5, 5.41) is 1.90. The predicted molar refractivity (Wildman–Crippen MR) is 138 cm³/mol. The van der Waals surface area contributed by atoms with Gasteiger partial charge in [0.15, 0.2) is 10.9 Å². The number of carbonyl (C=O) groups is 1. The van der Waals surface area contributed by atoms with Gasteiger partial charge in [0.1, 0.15) is 4.83 Å². The minimum atomic E-state index is -0.0373. The number of hydrogen-bond acceptors (Lipinski definition) is 5. The van der Waals surface area contributed by atoms with Gasteiger partial charge in [-0.2, -0.15) is 0 Å². The van der Waals surface area contributed by atoms with E-state index in [1.54, 1.807) is 40.2 Å². The highest BCUT2D eigenvalue weighted by molar-refractivity contribution is 7.99. The van der Waals surface area contributed by atoms with E-state index in [4.69, 9.17) is 16.6 Å². The lowest BCUT2D eigenvalue weighted by atomic mass is 10.1. The van der Waals surface area contributed by atoms with Crippen molar-refractivity contribution in [2.75, 3.05) is 5.75 Å². The van der Waals surface area contributed by atoms with Crippen molar-refractivity contribution in [1.82, 2.24) is 9.55 Å². The number of benzene rings is 2. The van der Waals surface area contributed by atoms with Gasteiger partial charge in [0.2, 0.25) is 0 Å². The monoisotopic (exact) mass is 494 g/mol. The molecule has 0 fully saturated rings. The molecule has 2 aromatic carbocycles. The fraction of sp³-hybridized carbons (Fsp3) is 0.269. The second-order valence-corrected chi connectivity index (χ2v) is 10.8. The molecule has 2 heterocycles. The van der Waals surface area contributed by atoms with Gasteiger partial charge in [-0.25, -0.2) is 4.98 Å². The van der Waals surface area contributed by atoms with Crippen LogP contribution in [0.3, 0.4) is 0 Å². The molecular formula is C26H23ClN2O2S2. The topological polar surface area (TPSA) is 52.0 Å². The number of rotatable bonds is 5. The lowest BCUT2D eigenvalue weighted by Gasteiger charge is -2.13. The summed E-state index contributed by atoms with van der Waals surface area (Å²) in [6, 6.07) is 14.8. The van der Waals surface area contributed by atoms with E-state index in [0.717, 1.165) is 47.2 Å². The quantitative estimate of drug-likeness (QED) is 0.135. The van der Waals surface area contributed by atoms with Crippen LogP contribution in [-0.4, -0.2) is 21.1 Å². The average Bonchev–Trinajstić information content (AvgIpc) is 3.00. The summed E-state index contributed by atoms with van der Waals surface area (Å²) in [7, 11) is 0. The molecule has 0 saturated carbocycles. The van der Waals surface area contributed by atoms with E-state index in [9.17, 15) is 9.59 Å². The van der Waals surface area contributed by atoms with Crippen molar-refractivity contribution in [3.63, 3.8) is 0 Å². The van der Waals surface area contributed by atoms with Crippen molar-refractivity contribution in [2.24, 2.45) is 0 Å². The minimum absolute atomic E-state index is 0.0246. The standard InChI is InChI=1S/C26H23ClN2O2S2/c1-16-7-13-19(14-8-16)29-25(31)23-20-5-3-2-4-6-22(20)33-24(23)28-26(29)32-15-21(30)17-9-11-18(27)12-10-17/h7-14H,2-6,15H2,1H3. The van der Waals surface area contributed by atoms with Gasteiger partial charge in [-0.15, -0.1) is 11.3 Å². The Kier molecular flexibility index (Phi) is 6.41. The van der Waals surface area contributed by atoms with Crippen LogP contribution in [0.5, 0.6) is 0 Å². The van der Waals surface area contributed by atoms with Crippen LogP contribution >= 0.6 is 34.7 Å². The first-order valence-electron chi connectivity index (χ1n) is 11.1. The summed E-state index contributed by atoms with van der Waals surface area (Å²) >= 11 is 8.90. The van der Waals surface area contributed by atoms with Crippen LogP contribution in [0.25, 0.3) is 15.9 Å². The smallest absolute Gasteiger partial charge is 0.267 e. The number of thioether (sulfide) groups is 1. The van der Waals surface area contributed by atoms with Crippen molar-refractivity contribution in [1.29, 1.82) is 0 Å². The minimum Gasteiger partial charge on any atom is -0.293 e. The Hall–Kier alpha value is -2.41. The highest BCUT2D eigenvalue weighted by Crippen LogP contribution is 2.34. The maximum atomic E-state index is 13.8. The molecule has 33 heavy (non-hydrogen) atoms. The van der Waals surface area contributed by atoms with Gasteiger partial charge < -0.3 is 0 Å². The van der Waals surface area contributed by atoms with E-state index in [-0.39, 0.29) is 17.1 Å². The van der Waals surface area contributed by atoms with Gasteiger partial charge >= 0.3 is 0 Å². The molecule has 0 atom stereocenters. The van der Waals surface area contributed by atoms with E-state index < -0.39 is 0 Å². The van der Waals surface area contributed by atoms with E-state index in [2.05, 4.69) is 0 Å². The molecule has 5 rings (SSSR count). The van der Waals surface area contributed by atoms with Crippen molar-refractivity contribution in [2.45, 2.75) is 44.2 Å². The van der Waals surface area contributed by atoms with Gasteiger partial charge in [0, 0.05) is 15.5 Å². The van der Waals surface area contributed by atoms with Crippen LogP contribution in [0.4, 0.5) is 0 Å². The maximum absolute atomic E-state index is 13.8. The summed E-state index contributed by atoms with van der Waals surface area (Å²) in [6.07, 6.45) is 5.40.